The summed E-state index contributed by atoms with van der Waals surface area (Å²) in [6.07, 6.45) is 1.73. The fourth-order valence-corrected chi connectivity index (χ4v) is 3.31. The molecule has 4 aromatic rings. The van der Waals surface area contributed by atoms with Gasteiger partial charge < -0.3 is 5.32 Å². The summed E-state index contributed by atoms with van der Waals surface area (Å²) in [5, 5.41) is 2.90. The number of halogens is 1. The van der Waals surface area contributed by atoms with Crippen LogP contribution in [0.4, 0.5) is 4.39 Å². The molecule has 0 radical (unpaired) electrons. The van der Waals surface area contributed by atoms with Crippen molar-refractivity contribution in [2.24, 2.45) is 0 Å². The van der Waals surface area contributed by atoms with Gasteiger partial charge >= 0.3 is 0 Å². The molecule has 0 aliphatic rings. The number of amides is 1. The summed E-state index contributed by atoms with van der Waals surface area (Å²) in [5.41, 5.74) is 4.69. The Morgan fingerprint density at radius 2 is 1.86 bits per heavy atom. The summed E-state index contributed by atoms with van der Waals surface area (Å²) in [4.78, 5) is 21.8. The first-order chi connectivity index (χ1) is 13.5. The highest BCUT2D eigenvalue weighted by molar-refractivity contribution is 5.96. The predicted octanol–water partition coefficient (Wildman–Crippen LogP) is 4.11. The van der Waals surface area contributed by atoms with Crippen molar-refractivity contribution in [1.29, 1.82) is 0 Å². The maximum absolute atomic E-state index is 13.0. The van der Waals surface area contributed by atoms with E-state index in [-0.39, 0.29) is 11.7 Å². The molecular weight excluding hydrogens is 355 g/mol. The fraction of sp³-hybridized carbons (Fsp3) is 0.136. The van der Waals surface area contributed by atoms with E-state index in [1.54, 1.807) is 24.4 Å². The van der Waals surface area contributed by atoms with Crippen LogP contribution in [0, 0.1) is 19.7 Å². The van der Waals surface area contributed by atoms with Crippen molar-refractivity contribution in [2.75, 3.05) is 0 Å². The normalized spacial score (nSPS) is 11.0. The predicted molar refractivity (Wildman–Crippen MR) is 106 cm³/mol. The van der Waals surface area contributed by atoms with Gasteiger partial charge in [0.2, 0.25) is 0 Å². The molecule has 2 aromatic carbocycles. The Bertz CT molecular complexity index is 1170. The van der Waals surface area contributed by atoms with Gasteiger partial charge in [-0.1, -0.05) is 18.2 Å². The number of nitrogens with one attached hydrogen (secondary N) is 1. The van der Waals surface area contributed by atoms with E-state index in [1.807, 2.05) is 42.7 Å². The number of fused-ring (bicyclic) bond motifs is 1. The third-order valence-electron chi connectivity index (χ3n) is 4.74. The molecule has 0 atom stereocenters. The van der Waals surface area contributed by atoms with Crippen molar-refractivity contribution in [3.8, 4) is 5.69 Å². The number of benzene rings is 2. The smallest absolute Gasteiger partial charge is 0.251 e. The van der Waals surface area contributed by atoms with E-state index in [9.17, 15) is 9.18 Å². The Morgan fingerprint density at radius 1 is 1.07 bits per heavy atom. The van der Waals surface area contributed by atoms with Crippen LogP contribution >= 0.6 is 0 Å². The van der Waals surface area contributed by atoms with E-state index in [1.165, 1.54) is 12.1 Å². The van der Waals surface area contributed by atoms with Crippen molar-refractivity contribution in [3.05, 3.63) is 89.1 Å². The van der Waals surface area contributed by atoms with Crippen molar-refractivity contribution < 1.29 is 9.18 Å². The lowest BCUT2D eigenvalue weighted by Crippen LogP contribution is -2.24. The Hall–Kier alpha value is -3.54. The second-order valence-corrected chi connectivity index (χ2v) is 6.60. The average Bonchev–Trinajstić information content (AvgIpc) is 3.03. The van der Waals surface area contributed by atoms with Gasteiger partial charge in [0.1, 0.15) is 17.2 Å². The molecule has 1 amide bonds. The second-order valence-electron chi connectivity index (χ2n) is 6.60. The molecule has 0 bridgehead atoms. The molecule has 1 N–H and O–H groups in total. The van der Waals surface area contributed by atoms with Gasteiger partial charge in [-0.2, -0.15) is 0 Å². The summed E-state index contributed by atoms with van der Waals surface area (Å²) in [6.45, 7) is 4.16. The van der Waals surface area contributed by atoms with Crippen LogP contribution in [-0.2, 0) is 6.54 Å². The Labute approximate surface area is 161 Å². The monoisotopic (exact) mass is 374 g/mol. The average molecular weight is 374 g/mol. The number of imidazole rings is 1. The van der Waals surface area contributed by atoms with E-state index >= 15 is 0 Å². The number of aromatic nitrogens is 3. The van der Waals surface area contributed by atoms with Crippen molar-refractivity contribution >= 4 is 17.1 Å². The van der Waals surface area contributed by atoms with Crippen LogP contribution in [-0.4, -0.2) is 20.4 Å². The second kappa shape index (κ2) is 7.23. The minimum Gasteiger partial charge on any atom is -0.348 e. The van der Waals surface area contributed by atoms with Gasteiger partial charge in [-0.05, 0) is 61.4 Å². The molecule has 140 valence electrons. The lowest BCUT2D eigenvalue weighted by molar-refractivity contribution is 0.0950. The summed E-state index contributed by atoms with van der Waals surface area (Å²) < 4.78 is 15.0. The van der Waals surface area contributed by atoms with Crippen LogP contribution in [0.1, 0.15) is 27.3 Å². The highest BCUT2D eigenvalue weighted by Gasteiger charge is 2.16. The largest absolute Gasteiger partial charge is 0.348 e. The summed E-state index contributed by atoms with van der Waals surface area (Å²) in [6, 6.07) is 15.4. The Balaban J connectivity index is 1.65. The van der Waals surface area contributed by atoms with Gasteiger partial charge in [-0.15, -0.1) is 0 Å². The van der Waals surface area contributed by atoms with E-state index in [0.717, 1.165) is 33.8 Å². The van der Waals surface area contributed by atoms with Crippen LogP contribution < -0.4 is 5.32 Å². The molecule has 2 heterocycles. The molecule has 28 heavy (non-hydrogen) atoms. The first-order valence-corrected chi connectivity index (χ1v) is 8.97. The molecule has 0 unspecified atom stereocenters. The molecule has 0 saturated carbocycles. The highest BCUT2D eigenvalue weighted by Crippen LogP contribution is 2.24. The zero-order valence-electron chi connectivity index (χ0n) is 15.6. The molecule has 2 aromatic heterocycles. The standard InChI is InChI=1S/C22H19FN4O/c1-14-18(22(28)25-13-16-8-10-17(23)11-9-16)5-3-7-20(14)27-15(2)26-19-6-4-12-24-21(19)27/h3-12H,13H2,1-2H3,(H,25,28). The van der Waals surface area contributed by atoms with E-state index in [0.29, 0.717) is 12.1 Å². The Morgan fingerprint density at radius 3 is 2.64 bits per heavy atom. The molecule has 6 heteroatoms. The maximum Gasteiger partial charge on any atom is 0.251 e. The van der Waals surface area contributed by atoms with Crippen LogP contribution in [0.25, 0.3) is 16.9 Å². The van der Waals surface area contributed by atoms with E-state index in [2.05, 4.69) is 15.3 Å². The molecule has 0 spiro atoms. The molecule has 5 nitrogen and oxygen atoms in total. The quantitative estimate of drug-likeness (QED) is 0.585. The van der Waals surface area contributed by atoms with E-state index in [4.69, 9.17) is 0 Å². The zero-order valence-corrected chi connectivity index (χ0v) is 15.6. The molecule has 0 fully saturated rings. The van der Waals surface area contributed by atoms with Gasteiger partial charge in [0.25, 0.3) is 5.91 Å². The third kappa shape index (κ3) is 3.24. The molecule has 0 aliphatic heterocycles. The maximum atomic E-state index is 13.0. The minimum atomic E-state index is -0.296. The number of nitrogens with zero attached hydrogens (tertiary/aromatic N) is 3. The lowest BCUT2D eigenvalue weighted by atomic mass is 10.1. The van der Waals surface area contributed by atoms with Gasteiger partial charge in [0.05, 0.1) is 5.69 Å². The summed E-state index contributed by atoms with van der Waals surface area (Å²) in [5.74, 6) is 0.328. The van der Waals surface area contributed by atoms with Gasteiger partial charge in [0.15, 0.2) is 5.65 Å². The summed E-state index contributed by atoms with van der Waals surface area (Å²) in [7, 11) is 0. The van der Waals surface area contributed by atoms with Crippen LogP contribution in [0.2, 0.25) is 0 Å². The fourth-order valence-electron chi connectivity index (χ4n) is 3.31. The van der Waals surface area contributed by atoms with E-state index < -0.39 is 0 Å². The SMILES string of the molecule is Cc1c(C(=O)NCc2ccc(F)cc2)cccc1-n1c(C)nc2cccnc21. The molecule has 0 aliphatic carbocycles. The lowest BCUT2D eigenvalue weighted by Gasteiger charge is -2.14. The molecule has 4 rings (SSSR count). The van der Waals surface area contributed by atoms with Crippen LogP contribution in [0.3, 0.4) is 0 Å². The number of carbonyl (C=O) groups is 1. The zero-order chi connectivity index (χ0) is 19.7. The third-order valence-corrected chi connectivity index (χ3v) is 4.74. The van der Waals surface area contributed by atoms with Crippen LogP contribution in [0.5, 0.6) is 0 Å². The summed E-state index contributed by atoms with van der Waals surface area (Å²) >= 11 is 0. The van der Waals surface area contributed by atoms with Crippen molar-refractivity contribution in [2.45, 2.75) is 20.4 Å². The number of hydrogen-bond donors (Lipinski definition) is 1. The van der Waals surface area contributed by atoms with Gasteiger partial charge in [0, 0.05) is 18.3 Å². The Kier molecular flexibility index (Phi) is 4.61. The first-order valence-electron chi connectivity index (χ1n) is 8.97. The number of carbonyl (C=O) groups excluding carboxylic acids is 1. The van der Waals surface area contributed by atoms with Crippen molar-refractivity contribution in [3.63, 3.8) is 0 Å². The highest BCUT2D eigenvalue weighted by atomic mass is 19.1. The minimum absolute atomic E-state index is 0.182. The molecule has 0 saturated heterocycles. The number of aryl methyl sites for hydroxylation is 1. The number of rotatable bonds is 4. The van der Waals surface area contributed by atoms with Gasteiger partial charge in [-0.25, -0.2) is 14.4 Å². The van der Waals surface area contributed by atoms with Crippen molar-refractivity contribution in [1.82, 2.24) is 19.9 Å². The first kappa shape index (κ1) is 17.9. The van der Waals surface area contributed by atoms with Gasteiger partial charge in [-0.3, -0.25) is 9.36 Å². The topological polar surface area (TPSA) is 59.8 Å². The molecular formula is C22H19FN4O. The number of hydrogen-bond acceptors (Lipinski definition) is 3. The number of pyridine rings is 1. The van der Waals surface area contributed by atoms with Crippen LogP contribution in [0.15, 0.2) is 60.8 Å².